The molecule has 4 rings (SSSR count). The summed E-state index contributed by atoms with van der Waals surface area (Å²) in [5.74, 6) is 0. The second-order valence-corrected chi connectivity index (χ2v) is 7.89. The minimum absolute atomic E-state index is 0.0181. The van der Waals surface area contributed by atoms with Crippen LogP contribution in [0, 0.1) is 0 Å². The van der Waals surface area contributed by atoms with E-state index in [1.54, 1.807) is 7.11 Å². The smallest absolute Gasteiger partial charge is 0.174 e. The molecule has 0 bridgehead atoms. The number of nitrogens with one attached hydrogen (secondary N) is 1. The van der Waals surface area contributed by atoms with Gasteiger partial charge in [-0.05, 0) is 60.7 Å². The highest BCUT2D eigenvalue weighted by atomic mass is 79.9. The molecule has 0 amide bonds. The SMILES string of the molecule is COCCn1cccc1[C@H]1[C@@H](c2ccccn2)NC(=S)N1c1ccc(Br)cc1. The van der Waals surface area contributed by atoms with Crippen LogP contribution in [0.5, 0.6) is 0 Å². The fraction of sp³-hybridized carbons (Fsp3) is 0.238. The molecule has 3 aromatic rings. The van der Waals surface area contributed by atoms with Crippen molar-refractivity contribution in [1.29, 1.82) is 0 Å². The quantitative estimate of drug-likeness (QED) is 0.554. The van der Waals surface area contributed by atoms with Crippen molar-refractivity contribution in [3.63, 3.8) is 0 Å². The lowest BCUT2D eigenvalue weighted by Crippen LogP contribution is -2.30. The summed E-state index contributed by atoms with van der Waals surface area (Å²) in [5, 5.41) is 4.19. The number of hydrogen-bond acceptors (Lipinski definition) is 3. The molecule has 2 aromatic heterocycles. The van der Waals surface area contributed by atoms with E-state index in [0.717, 1.165) is 22.4 Å². The van der Waals surface area contributed by atoms with Crippen LogP contribution in [0.25, 0.3) is 0 Å². The van der Waals surface area contributed by atoms with Crippen LogP contribution in [-0.4, -0.2) is 28.4 Å². The lowest BCUT2D eigenvalue weighted by atomic mass is 10.0. The molecule has 1 N–H and O–H groups in total. The number of ether oxygens (including phenoxy) is 1. The number of methoxy groups -OCH3 is 1. The van der Waals surface area contributed by atoms with Gasteiger partial charge in [-0.3, -0.25) is 4.98 Å². The van der Waals surface area contributed by atoms with Gasteiger partial charge in [0.05, 0.1) is 18.3 Å². The van der Waals surface area contributed by atoms with Crippen molar-refractivity contribution in [2.24, 2.45) is 0 Å². The molecule has 1 aromatic carbocycles. The Kier molecular flexibility index (Phi) is 5.75. The van der Waals surface area contributed by atoms with Gasteiger partial charge in [-0.2, -0.15) is 0 Å². The number of hydrogen-bond donors (Lipinski definition) is 1. The summed E-state index contributed by atoms with van der Waals surface area (Å²) in [4.78, 5) is 6.78. The first-order chi connectivity index (χ1) is 13.7. The first kappa shape index (κ1) is 19.1. The van der Waals surface area contributed by atoms with E-state index in [2.05, 4.69) is 66.2 Å². The van der Waals surface area contributed by atoms with E-state index in [-0.39, 0.29) is 12.1 Å². The van der Waals surface area contributed by atoms with Crippen molar-refractivity contribution in [3.05, 3.63) is 82.9 Å². The normalized spacial score (nSPS) is 19.1. The number of rotatable bonds is 6. The molecule has 28 heavy (non-hydrogen) atoms. The molecule has 0 aliphatic carbocycles. The van der Waals surface area contributed by atoms with Gasteiger partial charge in [0.15, 0.2) is 5.11 Å². The number of halogens is 1. The summed E-state index contributed by atoms with van der Waals surface area (Å²) in [6.45, 7) is 1.43. The van der Waals surface area contributed by atoms with Crippen LogP contribution in [0.1, 0.15) is 23.5 Å². The first-order valence-corrected chi connectivity index (χ1v) is 10.3. The Balaban J connectivity index is 1.80. The van der Waals surface area contributed by atoms with E-state index < -0.39 is 0 Å². The Hall–Kier alpha value is -2.22. The Labute approximate surface area is 178 Å². The van der Waals surface area contributed by atoms with Gasteiger partial charge in [0, 0.05) is 41.9 Å². The monoisotopic (exact) mass is 456 g/mol. The average molecular weight is 457 g/mol. The highest BCUT2D eigenvalue weighted by molar-refractivity contribution is 9.10. The van der Waals surface area contributed by atoms with Crippen LogP contribution >= 0.6 is 28.1 Å². The summed E-state index contributed by atoms with van der Waals surface area (Å²) in [5.41, 5.74) is 3.18. The predicted molar refractivity (Wildman–Crippen MR) is 118 cm³/mol. The molecule has 1 aliphatic heterocycles. The van der Waals surface area contributed by atoms with Crippen molar-refractivity contribution in [3.8, 4) is 0 Å². The number of nitrogens with zero attached hydrogens (tertiary/aromatic N) is 3. The van der Waals surface area contributed by atoms with E-state index in [0.29, 0.717) is 11.7 Å². The highest BCUT2D eigenvalue weighted by Gasteiger charge is 2.41. The van der Waals surface area contributed by atoms with Crippen molar-refractivity contribution in [2.75, 3.05) is 18.6 Å². The first-order valence-electron chi connectivity index (χ1n) is 9.09. The van der Waals surface area contributed by atoms with Crippen molar-refractivity contribution < 1.29 is 4.74 Å². The highest BCUT2D eigenvalue weighted by Crippen LogP contribution is 2.41. The zero-order valence-electron chi connectivity index (χ0n) is 15.5. The zero-order chi connectivity index (χ0) is 19.5. The minimum atomic E-state index is -0.0476. The fourth-order valence-electron chi connectivity index (χ4n) is 3.62. The van der Waals surface area contributed by atoms with E-state index in [1.165, 1.54) is 5.69 Å². The predicted octanol–water partition coefficient (Wildman–Crippen LogP) is 4.47. The van der Waals surface area contributed by atoms with E-state index in [1.807, 2.05) is 36.5 Å². The van der Waals surface area contributed by atoms with E-state index in [4.69, 9.17) is 17.0 Å². The number of benzene rings is 1. The number of pyridine rings is 1. The largest absolute Gasteiger partial charge is 0.383 e. The third-order valence-electron chi connectivity index (χ3n) is 4.91. The molecule has 0 spiro atoms. The molecule has 1 aliphatic rings. The molecular weight excluding hydrogens is 436 g/mol. The molecular formula is C21H21BrN4OS. The Bertz CT molecular complexity index is 945. The minimum Gasteiger partial charge on any atom is -0.383 e. The number of aromatic nitrogens is 2. The van der Waals surface area contributed by atoms with Gasteiger partial charge >= 0.3 is 0 Å². The van der Waals surface area contributed by atoms with Gasteiger partial charge in [-0.25, -0.2) is 0 Å². The van der Waals surface area contributed by atoms with Crippen LogP contribution in [0.3, 0.4) is 0 Å². The van der Waals surface area contributed by atoms with Crippen LogP contribution in [0.4, 0.5) is 5.69 Å². The van der Waals surface area contributed by atoms with Crippen LogP contribution in [0.15, 0.2) is 71.5 Å². The van der Waals surface area contributed by atoms with E-state index in [9.17, 15) is 0 Å². The molecule has 7 heteroatoms. The third-order valence-corrected chi connectivity index (χ3v) is 5.75. The van der Waals surface area contributed by atoms with Gasteiger partial charge in [-0.15, -0.1) is 0 Å². The van der Waals surface area contributed by atoms with Crippen LogP contribution in [0.2, 0.25) is 0 Å². The lowest BCUT2D eigenvalue weighted by molar-refractivity contribution is 0.186. The molecule has 3 heterocycles. The van der Waals surface area contributed by atoms with Gasteiger partial charge in [-0.1, -0.05) is 22.0 Å². The van der Waals surface area contributed by atoms with Gasteiger partial charge in [0.25, 0.3) is 0 Å². The average Bonchev–Trinajstić information content (AvgIpc) is 3.31. The van der Waals surface area contributed by atoms with Crippen molar-refractivity contribution in [1.82, 2.24) is 14.9 Å². The van der Waals surface area contributed by atoms with Gasteiger partial charge < -0.3 is 19.5 Å². The fourth-order valence-corrected chi connectivity index (χ4v) is 4.23. The second-order valence-electron chi connectivity index (χ2n) is 6.59. The molecule has 144 valence electrons. The topological polar surface area (TPSA) is 42.3 Å². The molecule has 0 unspecified atom stereocenters. The van der Waals surface area contributed by atoms with Gasteiger partial charge in [0.1, 0.15) is 6.04 Å². The third kappa shape index (κ3) is 3.70. The summed E-state index contributed by atoms with van der Waals surface area (Å²) >= 11 is 9.27. The molecule has 0 saturated carbocycles. The Morgan fingerprint density at radius 2 is 1.96 bits per heavy atom. The Morgan fingerprint density at radius 1 is 1.14 bits per heavy atom. The van der Waals surface area contributed by atoms with Crippen molar-refractivity contribution in [2.45, 2.75) is 18.6 Å². The summed E-state index contributed by atoms with van der Waals surface area (Å²) in [7, 11) is 1.72. The molecule has 5 nitrogen and oxygen atoms in total. The van der Waals surface area contributed by atoms with Gasteiger partial charge in [0.2, 0.25) is 0 Å². The molecule has 0 radical (unpaired) electrons. The maximum absolute atomic E-state index is 5.76. The van der Waals surface area contributed by atoms with E-state index >= 15 is 0 Å². The maximum Gasteiger partial charge on any atom is 0.174 e. The lowest BCUT2D eigenvalue weighted by Gasteiger charge is -2.29. The molecule has 1 fully saturated rings. The second kappa shape index (κ2) is 8.43. The zero-order valence-corrected chi connectivity index (χ0v) is 17.9. The summed E-state index contributed by atoms with van der Waals surface area (Å²) in [6, 6.07) is 18.4. The maximum atomic E-state index is 5.76. The summed E-state index contributed by atoms with van der Waals surface area (Å²) < 4.78 is 8.56. The van der Waals surface area contributed by atoms with Crippen LogP contribution < -0.4 is 10.2 Å². The summed E-state index contributed by atoms with van der Waals surface area (Å²) in [6.07, 6.45) is 3.91. The number of thiocarbonyl (C=S) groups is 1. The standard InChI is InChI=1S/C21H21BrN4OS/c1-27-14-13-25-12-4-6-18(25)20-19(17-5-2-3-11-23-17)24-21(28)26(20)16-9-7-15(22)8-10-16/h2-12,19-20H,13-14H2,1H3,(H,24,28)/t19-,20+/m1/s1. The number of anilines is 1. The Morgan fingerprint density at radius 3 is 2.68 bits per heavy atom. The van der Waals surface area contributed by atoms with Crippen LogP contribution in [-0.2, 0) is 11.3 Å². The van der Waals surface area contributed by atoms with Crippen molar-refractivity contribution >= 4 is 38.9 Å². The molecule has 2 atom stereocenters. The molecule has 1 saturated heterocycles.